The third kappa shape index (κ3) is 7.51. The van der Waals surface area contributed by atoms with Gasteiger partial charge in [-0.2, -0.15) is 5.26 Å². The molecule has 1 N–H and O–H groups in total. The van der Waals surface area contributed by atoms with Crippen LogP contribution in [-0.2, 0) is 27.8 Å². The Bertz CT molecular complexity index is 1740. The number of hydrogen-bond acceptors (Lipinski definition) is 8. The zero-order chi connectivity index (χ0) is 35.0. The maximum Gasteiger partial charge on any atom is 0.264 e. The molecule has 2 fully saturated rings. The van der Waals surface area contributed by atoms with Gasteiger partial charge in [0, 0.05) is 50.4 Å². The Morgan fingerprint density at radius 2 is 1.92 bits per heavy atom. The molecule has 0 spiro atoms. The van der Waals surface area contributed by atoms with Crippen LogP contribution in [0.25, 0.3) is 0 Å². The Labute approximate surface area is 296 Å². The second-order valence-electron chi connectivity index (χ2n) is 15.0. The van der Waals surface area contributed by atoms with Gasteiger partial charge in [-0.25, -0.2) is 13.1 Å². The second-order valence-corrected chi connectivity index (χ2v) is 17.5. The number of sulfonamides is 1. The smallest absolute Gasteiger partial charge is 0.264 e. The van der Waals surface area contributed by atoms with Crippen molar-refractivity contribution < 1.29 is 22.7 Å². The number of carbonyl (C=O) groups excluding carboxylic acids is 1. The third-order valence-electron chi connectivity index (χ3n) is 11.4. The van der Waals surface area contributed by atoms with Crippen LogP contribution in [0, 0.1) is 34.5 Å². The molecule has 6 rings (SSSR count). The standard InChI is InChI=1S/C38H49ClN4O5S/c1-26-8-7-16-38(47-4,25-42-23-37(3,22-40)24-42)33-14-11-30(33)20-43-17-6-5-9-28-18-32(39)13-10-31(28)21-48-35-15-12-29(19-34(35)43)36(44)41-49(45,46)27(26)2/h7,10,12-13,15-16,18-19,26-27,30,33H,5-6,8-9,11,14,17,20-21,23-25H2,1-4H3,(H,41,44)/b16-7+/t26-,27+,30-,33+,38+/m0/s1. The minimum absolute atomic E-state index is 0.215. The number of carbonyl (C=O) groups is 1. The molecule has 0 aromatic heterocycles. The van der Waals surface area contributed by atoms with Crippen molar-refractivity contribution in [2.24, 2.45) is 23.2 Å². The van der Waals surface area contributed by atoms with Crippen LogP contribution in [0.1, 0.15) is 74.4 Å². The number of aryl methyl sites for hydroxylation is 1. The Kier molecular flexibility index (Phi) is 10.4. The van der Waals surface area contributed by atoms with Crippen molar-refractivity contribution >= 4 is 33.2 Å². The number of benzene rings is 2. The lowest BCUT2D eigenvalue weighted by Gasteiger charge is -2.54. The Morgan fingerprint density at radius 3 is 2.63 bits per heavy atom. The first-order valence-electron chi connectivity index (χ1n) is 17.6. The van der Waals surface area contributed by atoms with Crippen LogP contribution >= 0.6 is 11.6 Å². The Morgan fingerprint density at radius 1 is 1.12 bits per heavy atom. The number of nitrogens with zero attached hydrogens (tertiary/aromatic N) is 3. The molecule has 2 bridgehead atoms. The summed E-state index contributed by atoms with van der Waals surface area (Å²) in [6.07, 6.45) is 9.55. The number of rotatable bonds is 3. The van der Waals surface area contributed by atoms with Crippen molar-refractivity contribution in [2.75, 3.05) is 44.7 Å². The minimum Gasteiger partial charge on any atom is -0.487 e. The van der Waals surface area contributed by atoms with Gasteiger partial charge in [-0.1, -0.05) is 36.7 Å². The van der Waals surface area contributed by atoms with Crippen molar-refractivity contribution in [1.29, 1.82) is 5.26 Å². The normalized spacial score (nSPS) is 30.8. The second kappa shape index (κ2) is 14.3. The Balaban J connectivity index is 1.39. The number of allylic oxidation sites excluding steroid dienone is 1. The van der Waals surface area contributed by atoms with Crippen molar-refractivity contribution in [1.82, 2.24) is 9.62 Å². The van der Waals surface area contributed by atoms with Crippen LogP contribution in [0.5, 0.6) is 5.75 Å². The predicted octanol–water partition coefficient (Wildman–Crippen LogP) is 6.36. The van der Waals surface area contributed by atoms with E-state index in [9.17, 15) is 18.5 Å². The fraction of sp³-hybridized carbons (Fsp3) is 0.579. The van der Waals surface area contributed by atoms with Crippen LogP contribution in [0.2, 0.25) is 5.02 Å². The van der Waals surface area contributed by atoms with Gasteiger partial charge >= 0.3 is 0 Å². The number of nitriles is 1. The number of likely N-dealkylation sites (tertiary alicyclic amines) is 1. The van der Waals surface area contributed by atoms with Gasteiger partial charge in [0.25, 0.3) is 5.91 Å². The fourth-order valence-electron chi connectivity index (χ4n) is 8.10. The average Bonchev–Trinajstić information content (AvgIpc) is 3.07. The molecule has 1 saturated carbocycles. The van der Waals surface area contributed by atoms with Gasteiger partial charge in [-0.3, -0.25) is 9.69 Å². The van der Waals surface area contributed by atoms with Gasteiger partial charge in [0.05, 0.1) is 22.4 Å². The monoisotopic (exact) mass is 708 g/mol. The van der Waals surface area contributed by atoms with E-state index in [1.807, 2.05) is 32.0 Å². The van der Waals surface area contributed by atoms with E-state index in [0.29, 0.717) is 49.4 Å². The molecule has 1 amide bonds. The highest BCUT2D eigenvalue weighted by Crippen LogP contribution is 2.47. The lowest BCUT2D eigenvalue weighted by Crippen LogP contribution is -2.62. The van der Waals surface area contributed by atoms with Gasteiger partial charge in [-0.05, 0) is 112 Å². The van der Waals surface area contributed by atoms with Crippen LogP contribution in [0.4, 0.5) is 5.69 Å². The van der Waals surface area contributed by atoms with Crippen molar-refractivity contribution in [2.45, 2.75) is 76.8 Å². The van der Waals surface area contributed by atoms with Crippen molar-refractivity contribution in [3.8, 4) is 11.8 Å². The number of halogens is 1. The average molecular weight is 709 g/mol. The molecule has 0 radical (unpaired) electrons. The minimum atomic E-state index is -3.97. The first-order valence-corrected chi connectivity index (χ1v) is 19.5. The Hall–Kier alpha value is -3.10. The summed E-state index contributed by atoms with van der Waals surface area (Å²) in [5.41, 5.74) is 2.36. The van der Waals surface area contributed by atoms with Gasteiger partial charge < -0.3 is 14.4 Å². The molecular weight excluding hydrogens is 660 g/mol. The lowest BCUT2D eigenvalue weighted by atomic mass is 9.63. The predicted molar refractivity (Wildman–Crippen MR) is 192 cm³/mol. The largest absolute Gasteiger partial charge is 0.487 e. The topological polar surface area (TPSA) is 112 Å². The number of methoxy groups -OCH3 is 1. The lowest BCUT2D eigenvalue weighted by molar-refractivity contribution is -0.110. The number of anilines is 1. The fourth-order valence-corrected chi connectivity index (χ4v) is 9.58. The summed E-state index contributed by atoms with van der Waals surface area (Å²) in [6, 6.07) is 13.6. The molecule has 264 valence electrons. The van der Waals surface area contributed by atoms with E-state index < -0.39 is 26.8 Å². The van der Waals surface area contributed by atoms with E-state index in [-0.39, 0.29) is 22.8 Å². The molecule has 11 heteroatoms. The summed E-state index contributed by atoms with van der Waals surface area (Å²) in [5, 5.41) is 9.59. The van der Waals surface area contributed by atoms with Gasteiger partial charge in [0.1, 0.15) is 18.0 Å². The van der Waals surface area contributed by atoms with E-state index in [4.69, 9.17) is 21.1 Å². The molecule has 0 unspecified atom stereocenters. The van der Waals surface area contributed by atoms with Crippen LogP contribution in [0.3, 0.4) is 0 Å². The van der Waals surface area contributed by atoms with Crippen LogP contribution in [-0.4, -0.2) is 69.9 Å². The summed E-state index contributed by atoms with van der Waals surface area (Å²) in [5.74, 6) is 0.283. The molecule has 49 heavy (non-hydrogen) atoms. The molecule has 5 atom stereocenters. The molecule has 4 aliphatic rings. The van der Waals surface area contributed by atoms with Crippen LogP contribution < -0.4 is 14.4 Å². The number of amides is 1. The number of nitrogens with one attached hydrogen (secondary N) is 1. The summed E-state index contributed by atoms with van der Waals surface area (Å²) in [6.45, 7) is 9.45. The highest BCUT2D eigenvalue weighted by Gasteiger charge is 2.51. The molecule has 9 nitrogen and oxygen atoms in total. The van der Waals surface area contributed by atoms with E-state index in [2.05, 4.69) is 32.7 Å². The van der Waals surface area contributed by atoms with Crippen molar-refractivity contribution in [3.63, 3.8) is 0 Å². The van der Waals surface area contributed by atoms with Gasteiger partial charge in [-0.15, -0.1) is 0 Å². The number of hydrogen-bond donors (Lipinski definition) is 1. The zero-order valence-electron chi connectivity index (χ0n) is 29.1. The number of fused-ring (bicyclic) bond motifs is 3. The van der Waals surface area contributed by atoms with E-state index in [1.165, 1.54) is 5.56 Å². The quantitative estimate of drug-likeness (QED) is 0.367. The van der Waals surface area contributed by atoms with Gasteiger partial charge in [0.15, 0.2) is 0 Å². The van der Waals surface area contributed by atoms with E-state index in [0.717, 1.165) is 56.4 Å². The van der Waals surface area contributed by atoms with Crippen molar-refractivity contribution in [3.05, 3.63) is 70.3 Å². The summed E-state index contributed by atoms with van der Waals surface area (Å²) < 4.78 is 42.3. The highest BCUT2D eigenvalue weighted by atomic mass is 35.5. The molecule has 3 aliphatic heterocycles. The number of ether oxygens (including phenoxy) is 2. The van der Waals surface area contributed by atoms with Gasteiger partial charge in [0.2, 0.25) is 10.0 Å². The molecule has 1 aliphatic carbocycles. The first kappa shape index (κ1) is 35.7. The molecule has 1 saturated heterocycles. The summed E-state index contributed by atoms with van der Waals surface area (Å²) in [4.78, 5) is 18.2. The third-order valence-corrected chi connectivity index (χ3v) is 13.6. The zero-order valence-corrected chi connectivity index (χ0v) is 30.7. The molecule has 2 aromatic carbocycles. The van der Waals surface area contributed by atoms with Crippen LogP contribution in [0.15, 0.2) is 48.6 Å². The van der Waals surface area contributed by atoms with E-state index >= 15 is 0 Å². The summed E-state index contributed by atoms with van der Waals surface area (Å²) >= 11 is 6.37. The molecule has 3 heterocycles. The first-order chi connectivity index (χ1) is 23.3. The SMILES string of the molecule is CO[C@@]1(CN2CC(C)(C#N)C2)/C=C/C[C@H](C)[C@@H](C)S(=O)(=O)NC(=O)c2ccc3c(c2)N(CCCCc2cc(Cl)ccc2CO3)C[C@@H]2CC[C@H]21. The molecular formula is C38H49ClN4O5S. The maximum atomic E-state index is 13.5. The summed E-state index contributed by atoms with van der Waals surface area (Å²) in [7, 11) is -2.19. The molecule has 2 aromatic rings. The maximum absolute atomic E-state index is 13.5. The highest BCUT2D eigenvalue weighted by molar-refractivity contribution is 7.90. The van der Waals surface area contributed by atoms with E-state index in [1.54, 1.807) is 32.2 Å².